The molecule has 1 aromatic rings. The summed E-state index contributed by atoms with van der Waals surface area (Å²) in [6.07, 6.45) is 0. The highest BCUT2D eigenvalue weighted by Gasteiger charge is 2.36. The lowest BCUT2D eigenvalue weighted by Crippen LogP contribution is -2.24. The number of aliphatic imine (C=N–C) groups is 1. The Bertz CT molecular complexity index is 467. The van der Waals surface area contributed by atoms with Crippen LogP contribution in [-0.2, 0) is 5.41 Å². The van der Waals surface area contributed by atoms with E-state index in [-0.39, 0.29) is 5.41 Å². The Labute approximate surface area is 91.4 Å². The van der Waals surface area contributed by atoms with Crippen molar-refractivity contribution in [2.45, 2.75) is 19.3 Å². The topological polar surface area (TPSA) is 36.1 Å². The first-order valence-electron chi connectivity index (χ1n) is 4.35. The van der Waals surface area contributed by atoms with E-state index in [1.54, 1.807) is 0 Å². The normalized spacial score (nSPS) is 17.1. The molecule has 0 aromatic heterocycles. The van der Waals surface area contributed by atoms with Gasteiger partial charge in [0.1, 0.15) is 11.8 Å². The van der Waals surface area contributed by atoms with Gasteiger partial charge in [-0.15, -0.1) is 0 Å². The zero-order valence-corrected chi connectivity index (χ0v) is 9.59. The van der Waals surface area contributed by atoms with E-state index in [1.807, 2.05) is 32.0 Å². The van der Waals surface area contributed by atoms with Crippen molar-refractivity contribution in [3.05, 3.63) is 28.2 Å². The Kier molecular flexibility index (Phi) is 1.97. The van der Waals surface area contributed by atoms with Gasteiger partial charge in [-0.3, -0.25) is 0 Å². The lowest BCUT2D eigenvalue weighted by Gasteiger charge is -2.19. The molecule has 0 N–H and O–H groups in total. The van der Waals surface area contributed by atoms with Crippen molar-refractivity contribution in [3.63, 3.8) is 0 Å². The summed E-state index contributed by atoms with van der Waals surface area (Å²) in [5.74, 6) is 0. The maximum atomic E-state index is 8.97. The van der Waals surface area contributed by atoms with Crippen molar-refractivity contribution in [1.82, 2.24) is 0 Å². The van der Waals surface area contributed by atoms with Crippen LogP contribution in [0.1, 0.15) is 19.4 Å². The van der Waals surface area contributed by atoms with E-state index in [0.29, 0.717) is 5.71 Å². The largest absolute Gasteiger partial charge is 0.241 e. The first kappa shape index (κ1) is 9.42. The van der Waals surface area contributed by atoms with Gasteiger partial charge in [-0.05, 0) is 26.0 Å². The highest BCUT2D eigenvalue weighted by molar-refractivity contribution is 9.10. The van der Waals surface area contributed by atoms with Crippen LogP contribution in [0.2, 0.25) is 0 Å². The van der Waals surface area contributed by atoms with Crippen molar-refractivity contribution in [2.75, 3.05) is 0 Å². The van der Waals surface area contributed by atoms with Crippen LogP contribution in [0.5, 0.6) is 0 Å². The molecule has 3 heteroatoms. The van der Waals surface area contributed by atoms with Crippen LogP contribution < -0.4 is 0 Å². The zero-order valence-electron chi connectivity index (χ0n) is 8.00. The van der Waals surface area contributed by atoms with Gasteiger partial charge in [-0.25, -0.2) is 4.99 Å². The van der Waals surface area contributed by atoms with Crippen LogP contribution in [0.25, 0.3) is 0 Å². The molecule has 0 radical (unpaired) electrons. The van der Waals surface area contributed by atoms with Crippen molar-refractivity contribution >= 4 is 27.3 Å². The second-order valence-electron chi connectivity index (χ2n) is 3.83. The summed E-state index contributed by atoms with van der Waals surface area (Å²) in [5.41, 5.74) is 2.32. The molecule has 2 rings (SSSR count). The van der Waals surface area contributed by atoms with Crippen LogP contribution in [0, 0.1) is 11.3 Å². The van der Waals surface area contributed by atoms with E-state index in [4.69, 9.17) is 5.26 Å². The van der Waals surface area contributed by atoms with E-state index >= 15 is 0 Å². The number of halogens is 1. The number of nitriles is 1. The first-order chi connectivity index (χ1) is 6.57. The molecule has 0 saturated carbocycles. The minimum absolute atomic E-state index is 0.274. The highest BCUT2D eigenvalue weighted by Crippen LogP contribution is 2.43. The van der Waals surface area contributed by atoms with Gasteiger partial charge in [-0.1, -0.05) is 22.0 Å². The number of hydrogen-bond donors (Lipinski definition) is 0. The van der Waals surface area contributed by atoms with Gasteiger partial charge in [0.05, 0.1) is 5.69 Å². The molecule has 1 aliphatic heterocycles. The average molecular weight is 249 g/mol. The molecule has 0 unspecified atom stereocenters. The summed E-state index contributed by atoms with van der Waals surface area (Å²) in [4.78, 5) is 4.31. The van der Waals surface area contributed by atoms with E-state index in [0.717, 1.165) is 15.7 Å². The van der Waals surface area contributed by atoms with Gasteiger partial charge in [0.25, 0.3) is 0 Å². The summed E-state index contributed by atoms with van der Waals surface area (Å²) in [5, 5.41) is 8.97. The molecular formula is C11H9BrN2. The Morgan fingerprint density at radius 2 is 2.14 bits per heavy atom. The third-order valence-corrected chi connectivity index (χ3v) is 3.21. The van der Waals surface area contributed by atoms with Gasteiger partial charge >= 0.3 is 0 Å². The smallest absolute Gasteiger partial charge is 0.128 e. The van der Waals surface area contributed by atoms with Gasteiger partial charge in [-0.2, -0.15) is 5.26 Å². The molecule has 0 atom stereocenters. The minimum Gasteiger partial charge on any atom is -0.241 e. The van der Waals surface area contributed by atoms with Gasteiger partial charge in [0.15, 0.2) is 0 Å². The molecule has 0 fully saturated rings. The molecule has 1 heterocycles. The molecule has 0 saturated heterocycles. The maximum Gasteiger partial charge on any atom is 0.128 e. The summed E-state index contributed by atoms with van der Waals surface area (Å²) in [7, 11) is 0. The van der Waals surface area contributed by atoms with E-state index in [2.05, 4.69) is 27.0 Å². The van der Waals surface area contributed by atoms with Crippen LogP contribution >= 0.6 is 15.9 Å². The van der Waals surface area contributed by atoms with Gasteiger partial charge < -0.3 is 0 Å². The Balaban J connectivity index is 2.72. The monoisotopic (exact) mass is 248 g/mol. The highest BCUT2D eigenvalue weighted by atomic mass is 79.9. The molecule has 0 aliphatic carbocycles. The van der Waals surface area contributed by atoms with E-state index in [1.165, 1.54) is 0 Å². The molecule has 0 spiro atoms. The number of rotatable bonds is 0. The fourth-order valence-corrected chi connectivity index (χ4v) is 2.62. The van der Waals surface area contributed by atoms with E-state index < -0.39 is 0 Å². The molecular weight excluding hydrogens is 240 g/mol. The van der Waals surface area contributed by atoms with Crippen LogP contribution in [0.3, 0.4) is 0 Å². The first-order valence-corrected chi connectivity index (χ1v) is 5.15. The molecule has 14 heavy (non-hydrogen) atoms. The SMILES string of the molecule is CC1(C)C(C#N)=Nc2cccc(Br)c21. The molecule has 1 aliphatic rings. The van der Waals surface area contributed by atoms with Crippen LogP contribution in [0.15, 0.2) is 27.7 Å². The Morgan fingerprint density at radius 1 is 1.43 bits per heavy atom. The Morgan fingerprint density at radius 3 is 2.71 bits per heavy atom. The fourth-order valence-electron chi connectivity index (χ4n) is 1.77. The summed E-state index contributed by atoms with van der Waals surface area (Å²) >= 11 is 3.50. The fraction of sp³-hybridized carbons (Fsp3) is 0.273. The lowest BCUT2D eigenvalue weighted by molar-refractivity contribution is 0.737. The standard InChI is InChI=1S/C11H9BrN2/c1-11(2)9(6-13)14-8-5-3-4-7(12)10(8)11/h3-5H,1-2H3. The predicted molar refractivity (Wildman–Crippen MR) is 59.9 cm³/mol. The van der Waals surface area contributed by atoms with Crippen molar-refractivity contribution < 1.29 is 0 Å². The van der Waals surface area contributed by atoms with E-state index in [9.17, 15) is 0 Å². The second-order valence-corrected chi connectivity index (χ2v) is 4.69. The zero-order chi connectivity index (χ0) is 10.3. The molecule has 70 valence electrons. The summed E-state index contributed by atoms with van der Waals surface area (Å²) < 4.78 is 1.02. The average Bonchev–Trinajstić information content (AvgIpc) is 2.38. The predicted octanol–water partition coefficient (Wildman–Crippen LogP) is 3.34. The van der Waals surface area contributed by atoms with Crippen LogP contribution in [-0.4, -0.2) is 5.71 Å². The minimum atomic E-state index is -0.274. The maximum absolute atomic E-state index is 8.97. The second kappa shape index (κ2) is 2.93. The number of benzene rings is 1. The van der Waals surface area contributed by atoms with Crippen molar-refractivity contribution in [2.24, 2.45) is 4.99 Å². The van der Waals surface area contributed by atoms with Gasteiger partial charge in [0.2, 0.25) is 0 Å². The van der Waals surface area contributed by atoms with Crippen molar-refractivity contribution in [3.8, 4) is 6.07 Å². The van der Waals surface area contributed by atoms with Crippen molar-refractivity contribution in [1.29, 1.82) is 5.26 Å². The quantitative estimate of drug-likeness (QED) is 0.694. The molecule has 0 bridgehead atoms. The summed E-state index contributed by atoms with van der Waals surface area (Å²) in [6, 6.07) is 8.01. The summed E-state index contributed by atoms with van der Waals surface area (Å²) in [6.45, 7) is 4.04. The molecule has 0 amide bonds. The third-order valence-electron chi connectivity index (χ3n) is 2.55. The number of nitrogens with zero attached hydrogens (tertiary/aromatic N) is 2. The molecule has 1 aromatic carbocycles. The lowest BCUT2D eigenvalue weighted by atomic mass is 9.82. The number of hydrogen-bond acceptors (Lipinski definition) is 2. The Hall–Kier alpha value is -1.14. The van der Waals surface area contributed by atoms with Crippen LogP contribution in [0.4, 0.5) is 5.69 Å². The molecule has 2 nitrogen and oxygen atoms in total. The number of fused-ring (bicyclic) bond motifs is 1. The third kappa shape index (κ3) is 1.11. The van der Waals surface area contributed by atoms with Gasteiger partial charge in [0, 0.05) is 15.5 Å².